The number of hydrogen-bond acceptors (Lipinski definition) is 1. The molecule has 2 nitrogen and oxygen atoms in total. The molecule has 0 aliphatic carbocycles. The Morgan fingerprint density at radius 1 is 1.70 bits per heavy atom. The highest BCUT2D eigenvalue weighted by Gasteiger charge is 2.32. The molecule has 0 aromatic heterocycles. The van der Waals surface area contributed by atoms with Crippen LogP contribution in [0.5, 0.6) is 0 Å². The summed E-state index contributed by atoms with van der Waals surface area (Å²) in [5.74, 6) is 0. The summed E-state index contributed by atoms with van der Waals surface area (Å²) in [7, 11) is 0. The molecule has 1 rings (SSSR count). The highest BCUT2D eigenvalue weighted by Crippen LogP contribution is 2.24. The first-order valence-corrected chi connectivity index (χ1v) is 5.82. The normalized spacial score (nSPS) is 32.7. The molecule has 0 unspecified atom stereocenters. The molecule has 0 N–H and O–H groups in total. The number of hydrogen-bond donors (Lipinski definition) is 0. The second-order valence-corrected chi connectivity index (χ2v) is 6.60. The van der Waals surface area contributed by atoms with Crippen LogP contribution in [0.2, 0.25) is 0 Å². The molecule has 1 aliphatic heterocycles. The number of likely N-dealkylation sites (tertiary alicyclic amines) is 1. The van der Waals surface area contributed by atoms with Crippen LogP contribution in [0, 0.1) is 0 Å². The molecule has 0 spiro atoms. The minimum absolute atomic E-state index is 0.291. The summed E-state index contributed by atoms with van der Waals surface area (Å²) >= 11 is 1.81. The molecule has 0 bridgehead atoms. The second kappa shape index (κ2) is 2.88. The van der Waals surface area contributed by atoms with Gasteiger partial charge < -0.3 is 4.90 Å². The molecule has 0 saturated carbocycles. The van der Waals surface area contributed by atoms with E-state index in [4.69, 9.17) is 0 Å². The standard InChI is InChI=1S/C6H9NO.2Al.4H/c1-6-3-2-4-7(6)5-8;;;;;;/h2-4H2,1H3;;;;;;. The molecule has 1 aliphatic rings. The van der Waals surface area contributed by atoms with Crippen LogP contribution < -0.4 is 0 Å². The first-order valence-electron chi connectivity index (χ1n) is 3.82. The van der Waals surface area contributed by atoms with E-state index in [0.717, 1.165) is 22.8 Å². The van der Waals surface area contributed by atoms with E-state index in [9.17, 15) is 4.79 Å². The van der Waals surface area contributed by atoms with Gasteiger partial charge in [-0.25, -0.2) is 0 Å². The molecule has 1 amide bonds. The van der Waals surface area contributed by atoms with Crippen molar-refractivity contribution >= 4 is 37.3 Å². The largest absolute Gasteiger partial charge is 0.368 e. The van der Waals surface area contributed by atoms with Crippen molar-refractivity contribution in [1.29, 1.82) is 0 Å². The Balaban J connectivity index is 2.68. The maximum Gasteiger partial charge on any atom is 0.355 e. The lowest BCUT2D eigenvalue weighted by Crippen LogP contribution is -2.44. The van der Waals surface area contributed by atoms with Crippen molar-refractivity contribution < 1.29 is 4.79 Å². The fourth-order valence-electron chi connectivity index (χ4n) is 1.69. The first-order chi connectivity index (χ1) is 4.54. The molecule has 1 saturated heterocycles. The second-order valence-electron chi connectivity index (χ2n) is 3.59. The van der Waals surface area contributed by atoms with Gasteiger partial charge in [0.05, 0.1) is 0 Å². The lowest BCUT2D eigenvalue weighted by Gasteiger charge is -2.32. The topological polar surface area (TPSA) is 20.3 Å². The van der Waals surface area contributed by atoms with Crippen molar-refractivity contribution in [2.24, 2.45) is 0 Å². The summed E-state index contributed by atoms with van der Waals surface area (Å²) in [6.07, 6.45) is 2.45. The van der Waals surface area contributed by atoms with Gasteiger partial charge >= 0.3 is 16.3 Å². The molecule has 0 radical (unpaired) electrons. The van der Waals surface area contributed by atoms with E-state index in [1.54, 1.807) is 0 Å². The van der Waals surface area contributed by atoms with Gasteiger partial charge in [-0.3, -0.25) is 4.79 Å². The zero-order valence-corrected chi connectivity index (χ0v) is 11.0. The van der Waals surface area contributed by atoms with Crippen LogP contribution in [0.1, 0.15) is 19.8 Å². The zero-order chi connectivity index (χ0) is 7.78. The summed E-state index contributed by atoms with van der Waals surface area (Å²) in [5, 5.41) is 0. The SMILES string of the molecule is C[C@@]1([AlH2])CCCN1[C](=O)[AlH2]. The number of carbonyl (C=O) groups excluding carboxylic acids is 1. The fraction of sp³-hybridized carbons (Fsp3) is 0.833. The Bertz CT molecular complexity index is 158. The van der Waals surface area contributed by atoms with Gasteiger partial charge in [0.15, 0.2) is 0 Å². The molecule has 1 fully saturated rings. The minimum atomic E-state index is 0.291. The number of rotatable bonds is 0. The van der Waals surface area contributed by atoms with Crippen LogP contribution in [0.3, 0.4) is 0 Å². The van der Waals surface area contributed by atoms with Crippen LogP contribution >= 0.6 is 0 Å². The van der Waals surface area contributed by atoms with Crippen molar-refractivity contribution in [3.05, 3.63) is 0 Å². The van der Waals surface area contributed by atoms with Gasteiger partial charge in [0.25, 0.3) is 16.3 Å². The Kier molecular flexibility index (Phi) is 2.48. The highest BCUT2D eigenvalue weighted by molar-refractivity contribution is 6.57. The van der Waals surface area contributed by atoms with E-state index in [0.29, 0.717) is 25.5 Å². The van der Waals surface area contributed by atoms with E-state index in [1.165, 1.54) is 12.8 Å². The molecule has 10 heavy (non-hydrogen) atoms. The molecular formula is C6H13Al2NO. The number of carbonyl (C=O) groups is 1. The third-order valence-electron chi connectivity index (χ3n) is 2.28. The number of nitrogens with zero attached hydrogens (tertiary/aromatic N) is 1. The summed E-state index contributed by atoms with van der Waals surface area (Å²) in [6.45, 7) is 3.23. The quantitative estimate of drug-likeness (QED) is 0.434. The van der Waals surface area contributed by atoms with Crippen LogP contribution in [-0.4, -0.2) is 53.2 Å². The zero-order valence-electron chi connectivity index (χ0n) is 6.98. The number of amides is 1. The van der Waals surface area contributed by atoms with Gasteiger partial charge in [-0.1, -0.05) is 6.92 Å². The van der Waals surface area contributed by atoms with Gasteiger partial charge in [0, 0.05) is 6.54 Å². The van der Waals surface area contributed by atoms with Crippen LogP contribution in [0.25, 0.3) is 0 Å². The van der Waals surface area contributed by atoms with Gasteiger partial charge in [0.2, 0.25) is 0 Å². The molecule has 0 aromatic carbocycles. The van der Waals surface area contributed by atoms with Crippen molar-refractivity contribution in [1.82, 2.24) is 4.90 Å². The van der Waals surface area contributed by atoms with E-state index < -0.39 is 0 Å². The highest BCUT2D eigenvalue weighted by atomic mass is 27.1. The summed E-state index contributed by atoms with van der Waals surface area (Å²) in [5.41, 5.74) is 0. The van der Waals surface area contributed by atoms with Crippen molar-refractivity contribution in [3.63, 3.8) is 0 Å². The Morgan fingerprint density at radius 2 is 2.30 bits per heavy atom. The summed E-state index contributed by atoms with van der Waals surface area (Å²) < 4.78 is 0.675. The lowest BCUT2D eigenvalue weighted by atomic mass is 10.2. The van der Waals surface area contributed by atoms with E-state index in [2.05, 4.69) is 11.8 Å². The van der Waals surface area contributed by atoms with Crippen molar-refractivity contribution in [3.8, 4) is 0 Å². The van der Waals surface area contributed by atoms with Crippen molar-refractivity contribution in [2.45, 2.75) is 24.2 Å². The summed E-state index contributed by atoms with van der Waals surface area (Å²) in [4.78, 5) is 13.1. The molecule has 1 atom stereocenters. The smallest absolute Gasteiger partial charge is 0.355 e. The maximum absolute atomic E-state index is 11.1. The van der Waals surface area contributed by atoms with Crippen LogP contribution in [0.4, 0.5) is 4.79 Å². The fourth-order valence-corrected chi connectivity index (χ4v) is 3.86. The van der Waals surface area contributed by atoms with Gasteiger partial charge in [-0.15, -0.1) is 0 Å². The molecule has 4 heteroatoms. The predicted molar refractivity (Wildman–Crippen MR) is 46.8 cm³/mol. The van der Waals surface area contributed by atoms with Gasteiger partial charge in [-0.05, 0) is 17.2 Å². The van der Waals surface area contributed by atoms with Crippen LogP contribution in [-0.2, 0) is 0 Å². The molecule has 54 valence electrons. The average molecular weight is 169 g/mol. The van der Waals surface area contributed by atoms with Gasteiger partial charge in [-0.2, -0.15) is 0 Å². The lowest BCUT2D eigenvalue weighted by molar-refractivity contribution is 0.211. The predicted octanol–water partition coefficient (Wildman–Crippen LogP) is -0.815. The Morgan fingerprint density at radius 3 is 2.50 bits per heavy atom. The maximum atomic E-state index is 11.1. The molecule has 0 aromatic rings. The van der Waals surface area contributed by atoms with Crippen LogP contribution in [0.15, 0.2) is 0 Å². The summed E-state index contributed by atoms with van der Waals surface area (Å²) in [6, 6.07) is 0. The molecular weight excluding hydrogens is 156 g/mol. The first kappa shape index (κ1) is 8.63. The van der Waals surface area contributed by atoms with Gasteiger partial charge in [0.1, 0.15) is 4.77 Å². The Labute approximate surface area is 77.8 Å². The van der Waals surface area contributed by atoms with E-state index in [1.807, 2.05) is 0 Å². The third-order valence-corrected chi connectivity index (χ3v) is 3.86. The van der Waals surface area contributed by atoms with Crippen molar-refractivity contribution in [2.75, 3.05) is 6.54 Å². The minimum Gasteiger partial charge on any atom is -0.368 e. The Hall–Kier alpha value is 0.535. The van der Waals surface area contributed by atoms with E-state index >= 15 is 0 Å². The third kappa shape index (κ3) is 1.58. The molecule has 1 heterocycles. The van der Waals surface area contributed by atoms with E-state index in [-0.39, 0.29) is 0 Å². The monoisotopic (exact) mass is 169 g/mol. The average Bonchev–Trinajstić information content (AvgIpc) is 2.08.